The number of hydrogen-bond donors (Lipinski definition) is 1. The van der Waals surface area contributed by atoms with Gasteiger partial charge in [0.05, 0.1) is 12.0 Å². The minimum absolute atomic E-state index is 0.259. The number of hydrogen-bond acceptors (Lipinski definition) is 2. The molecule has 2 saturated carbocycles. The molecule has 0 aromatic rings. The Morgan fingerprint density at radius 2 is 2.00 bits per heavy atom. The minimum Gasteiger partial charge on any atom is -0.312 e. The van der Waals surface area contributed by atoms with Crippen LogP contribution in [0.2, 0.25) is 0 Å². The van der Waals surface area contributed by atoms with Gasteiger partial charge in [-0.1, -0.05) is 32.6 Å². The highest BCUT2D eigenvalue weighted by Gasteiger charge is 2.41. The molecule has 0 saturated heterocycles. The van der Waals surface area contributed by atoms with Crippen molar-refractivity contribution in [3.8, 4) is 6.07 Å². The number of nitriles is 1. The Morgan fingerprint density at radius 3 is 2.65 bits per heavy atom. The summed E-state index contributed by atoms with van der Waals surface area (Å²) in [5.74, 6) is 0.259. The van der Waals surface area contributed by atoms with Crippen LogP contribution in [0.5, 0.6) is 0 Å². The summed E-state index contributed by atoms with van der Waals surface area (Å²) in [6.45, 7) is 3.44. The number of rotatable bonds is 5. The fraction of sp³-hybridized carbons (Fsp3) is 0.933. The van der Waals surface area contributed by atoms with Crippen molar-refractivity contribution < 1.29 is 0 Å². The molecule has 2 aliphatic rings. The third-order valence-electron chi connectivity index (χ3n) is 4.66. The zero-order valence-corrected chi connectivity index (χ0v) is 11.2. The Morgan fingerprint density at radius 1 is 1.24 bits per heavy atom. The van der Waals surface area contributed by atoms with E-state index in [9.17, 15) is 5.26 Å². The van der Waals surface area contributed by atoms with E-state index in [1.54, 1.807) is 0 Å². The normalized spacial score (nSPS) is 31.5. The Balaban J connectivity index is 1.82. The lowest BCUT2D eigenvalue weighted by Crippen LogP contribution is -2.38. The van der Waals surface area contributed by atoms with Crippen molar-refractivity contribution in [3.63, 3.8) is 0 Å². The van der Waals surface area contributed by atoms with Crippen molar-refractivity contribution in [2.24, 2.45) is 11.3 Å². The van der Waals surface area contributed by atoms with Gasteiger partial charge in [-0.25, -0.2) is 0 Å². The maximum atomic E-state index is 9.24. The van der Waals surface area contributed by atoms with E-state index < -0.39 is 0 Å². The molecule has 0 aromatic heterocycles. The van der Waals surface area contributed by atoms with Crippen LogP contribution in [0.15, 0.2) is 0 Å². The summed E-state index contributed by atoms with van der Waals surface area (Å²) in [7, 11) is 0. The molecule has 0 aliphatic heterocycles. The molecule has 2 atom stereocenters. The highest BCUT2D eigenvalue weighted by molar-refractivity contribution is 4.98. The molecule has 17 heavy (non-hydrogen) atoms. The summed E-state index contributed by atoms with van der Waals surface area (Å²) >= 11 is 0. The summed E-state index contributed by atoms with van der Waals surface area (Å²) in [5, 5.41) is 13.0. The minimum atomic E-state index is 0.259. The zero-order valence-electron chi connectivity index (χ0n) is 11.2. The van der Waals surface area contributed by atoms with Gasteiger partial charge in [-0.15, -0.1) is 0 Å². The van der Waals surface area contributed by atoms with Crippen LogP contribution in [-0.4, -0.2) is 12.6 Å². The Kier molecular flexibility index (Phi) is 4.45. The fourth-order valence-corrected chi connectivity index (χ4v) is 3.28. The number of nitrogens with one attached hydrogen (secondary N) is 1. The first kappa shape index (κ1) is 12.9. The Labute approximate surface area is 106 Å². The molecular weight excluding hydrogens is 208 g/mol. The average Bonchev–Trinajstić information content (AvgIpc) is 3.11. The van der Waals surface area contributed by atoms with Gasteiger partial charge in [0.25, 0.3) is 0 Å². The van der Waals surface area contributed by atoms with Gasteiger partial charge in [-0.3, -0.25) is 0 Å². The molecule has 2 unspecified atom stereocenters. The number of nitrogens with zero attached hydrogens (tertiary/aromatic N) is 1. The molecule has 2 fully saturated rings. The van der Waals surface area contributed by atoms with Gasteiger partial charge >= 0.3 is 0 Å². The van der Waals surface area contributed by atoms with E-state index >= 15 is 0 Å². The SMILES string of the molecule is CCCC1(CNC2CCCCCC2C#N)CC1. The molecule has 1 N–H and O–H groups in total. The van der Waals surface area contributed by atoms with E-state index in [0.29, 0.717) is 11.5 Å². The summed E-state index contributed by atoms with van der Waals surface area (Å²) < 4.78 is 0. The van der Waals surface area contributed by atoms with Crippen LogP contribution in [0.25, 0.3) is 0 Å². The second-order valence-corrected chi connectivity index (χ2v) is 6.11. The monoisotopic (exact) mass is 234 g/mol. The van der Waals surface area contributed by atoms with E-state index in [1.807, 2.05) is 0 Å². The van der Waals surface area contributed by atoms with E-state index in [0.717, 1.165) is 13.0 Å². The van der Waals surface area contributed by atoms with Crippen LogP contribution in [0.1, 0.15) is 64.7 Å². The lowest BCUT2D eigenvalue weighted by Gasteiger charge is -2.24. The summed E-state index contributed by atoms with van der Waals surface area (Å²) in [6, 6.07) is 2.99. The van der Waals surface area contributed by atoms with Gasteiger partial charge in [-0.05, 0) is 37.5 Å². The first-order chi connectivity index (χ1) is 8.29. The standard InChI is InChI=1S/C15H26N2/c1-2-8-15(9-10-15)12-17-14-7-5-3-4-6-13(14)11-16/h13-14,17H,2-10,12H2,1H3. The lowest BCUT2D eigenvalue weighted by molar-refractivity contribution is 0.336. The van der Waals surface area contributed by atoms with Crippen molar-refractivity contribution in [1.29, 1.82) is 5.26 Å². The fourth-order valence-electron chi connectivity index (χ4n) is 3.28. The molecule has 0 bridgehead atoms. The molecule has 2 nitrogen and oxygen atoms in total. The highest BCUT2D eigenvalue weighted by atomic mass is 14.9. The Hall–Kier alpha value is -0.550. The van der Waals surface area contributed by atoms with E-state index in [2.05, 4.69) is 18.3 Å². The largest absolute Gasteiger partial charge is 0.312 e. The quantitative estimate of drug-likeness (QED) is 0.737. The zero-order chi connectivity index (χ0) is 12.1. The van der Waals surface area contributed by atoms with Gasteiger partial charge in [0.1, 0.15) is 0 Å². The van der Waals surface area contributed by atoms with Crippen molar-refractivity contribution >= 4 is 0 Å². The van der Waals surface area contributed by atoms with Gasteiger partial charge in [0.2, 0.25) is 0 Å². The Bertz CT molecular complexity index is 275. The van der Waals surface area contributed by atoms with Crippen LogP contribution in [0.4, 0.5) is 0 Å². The van der Waals surface area contributed by atoms with Crippen LogP contribution in [-0.2, 0) is 0 Å². The van der Waals surface area contributed by atoms with Gasteiger partial charge in [0.15, 0.2) is 0 Å². The third-order valence-corrected chi connectivity index (χ3v) is 4.66. The third kappa shape index (κ3) is 3.45. The van der Waals surface area contributed by atoms with Crippen molar-refractivity contribution in [2.45, 2.75) is 70.8 Å². The molecule has 2 heteroatoms. The second-order valence-electron chi connectivity index (χ2n) is 6.11. The molecule has 2 aliphatic carbocycles. The van der Waals surface area contributed by atoms with Gasteiger partial charge < -0.3 is 5.32 Å². The maximum absolute atomic E-state index is 9.24. The van der Waals surface area contributed by atoms with Crippen LogP contribution in [0, 0.1) is 22.7 Å². The predicted octanol–water partition coefficient (Wildman–Crippen LogP) is 3.63. The van der Waals surface area contributed by atoms with E-state index in [1.165, 1.54) is 51.4 Å². The molecule has 0 aromatic carbocycles. The summed E-state index contributed by atoms with van der Waals surface area (Å²) in [4.78, 5) is 0. The van der Waals surface area contributed by atoms with Crippen molar-refractivity contribution in [2.75, 3.05) is 6.54 Å². The van der Waals surface area contributed by atoms with E-state index in [4.69, 9.17) is 0 Å². The topological polar surface area (TPSA) is 35.8 Å². The molecule has 96 valence electrons. The second kappa shape index (κ2) is 5.87. The molecule has 0 spiro atoms. The highest BCUT2D eigenvalue weighted by Crippen LogP contribution is 2.49. The smallest absolute Gasteiger partial charge is 0.0672 e. The van der Waals surface area contributed by atoms with Crippen molar-refractivity contribution in [3.05, 3.63) is 0 Å². The van der Waals surface area contributed by atoms with Gasteiger partial charge in [0, 0.05) is 12.6 Å². The first-order valence-electron chi connectivity index (χ1n) is 7.43. The maximum Gasteiger partial charge on any atom is 0.0672 e. The molecular formula is C15H26N2. The van der Waals surface area contributed by atoms with Crippen molar-refractivity contribution in [1.82, 2.24) is 5.32 Å². The molecule has 0 amide bonds. The van der Waals surface area contributed by atoms with Gasteiger partial charge in [-0.2, -0.15) is 5.26 Å². The molecule has 0 heterocycles. The summed E-state index contributed by atoms with van der Waals surface area (Å²) in [6.07, 6.45) is 11.6. The molecule has 0 radical (unpaired) electrons. The lowest BCUT2D eigenvalue weighted by atomic mass is 9.94. The summed E-state index contributed by atoms with van der Waals surface area (Å²) in [5.41, 5.74) is 0.612. The predicted molar refractivity (Wildman–Crippen MR) is 70.6 cm³/mol. The van der Waals surface area contributed by atoms with Crippen LogP contribution in [0.3, 0.4) is 0 Å². The molecule has 2 rings (SSSR count). The van der Waals surface area contributed by atoms with Crippen LogP contribution >= 0.6 is 0 Å². The van der Waals surface area contributed by atoms with E-state index in [-0.39, 0.29) is 5.92 Å². The first-order valence-corrected chi connectivity index (χ1v) is 7.43. The van der Waals surface area contributed by atoms with Crippen LogP contribution < -0.4 is 5.32 Å². The average molecular weight is 234 g/mol.